The van der Waals surface area contributed by atoms with Crippen LogP contribution in [0.15, 0.2) is 0 Å². The maximum atomic E-state index is 5.80. The summed E-state index contributed by atoms with van der Waals surface area (Å²) in [6.45, 7) is 4.50. The molecule has 0 amide bonds. The molecule has 0 radical (unpaired) electrons. The first-order valence-electron chi connectivity index (χ1n) is 4.58. The number of aromatic nitrogens is 2. The van der Waals surface area contributed by atoms with Gasteiger partial charge in [-0.15, -0.1) is 24.0 Å². The van der Waals surface area contributed by atoms with Crippen LogP contribution in [0.3, 0.4) is 0 Å². The zero-order chi connectivity index (χ0) is 9.26. The van der Waals surface area contributed by atoms with E-state index in [0.717, 1.165) is 25.3 Å². The van der Waals surface area contributed by atoms with E-state index in [1.165, 1.54) is 11.3 Å². The summed E-state index contributed by atoms with van der Waals surface area (Å²) >= 11 is 5.80. The average molecular weight is 237 g/mol. The van der Waals surface area contributed by atoms with Gasteiger partial charge in [-0.3, -0.25) is 4.68 Å². The van der Waals surface area contributed by atoms with Crippen molar-refractivity contribution >= 4 is 24.0 Å². The normalized spacial score (nSPS) is 14.7. The summed E-state index contributed by atoms with van der Waals surface area (Å²) in [7, 11) is 0. The largest absolute Gasteiger partial charge is 0.376 e. The Morgan fingerprint density at radius 2 is 2.36 bits per heavy atom. The van der Waals surface area contributed by atoms with Gasteiger partial charge in [0.05, 0.1) is 24.8 Å². The van der Waals surface area contributed by atoms with Crippen LogP contribution in [-0.2, 0) is 30.2 Å². The van der Waals surface area contributed by atoms with Crippen LogP contribution in [0.2, 0.25) is 0 Å². The molecule has 0 atom stereocenters. The lowest BCUT2D eigenvalue weighted by atomic mass is 10.1. The molecule has 0 saturated carbocycles. The molecule has 2 heterocycles. The Morgan fingerprint density at radius 1 is 1.57 bits per heavy atom. The van der Waals surface area contributed by atoms with Crippen molar-refractivity contribution in [1.82, 2.24) is 9.78 Å². The third-order valence-electron chi connectivity index (χ3n) is 2.41. The Hall–Kier alpha value is -0.250. The van der Waals surface area contributed by atoms with Crippen LogP contribution in [0.1, 0.15) is 23.9 Å². The second-order valence-electron chi connectivity index (χ2n) is 3.12. The molecule has 0 spiro atoms. The number of hydrogen-bond donors (Lipinski definition) is 0. The maximum absolute atomic E-state index is 5.80. The van der Waals surface area contributed by atoms with Crippen molar-refractivity contribution in [2.75, 3.05) is 6.61 Å². The van der Waals surface area contributed by atoms with Crippen molar-refractivity contribution < 1.29 is 4.74 Å². The molecule has 0 bridgehead atoms. The number of alkyl halides is 1. The molecule has 14 heavy (non-hydrogen) atoms. The number of aryl methyl sites for hydroxylation is 1. The summed E-state index contributed by atoms with van der Waals surface area (Å²) in [5, 5.41) is 4.43. The van der Waals surface area contributed by atoms with Gasteiger partial charge in [0.25, 0.3) is 0 Å². The Bertz CT molecular complexity index is 284. The molecule has 0 N–H and O–H groups in total. The number of hydrogen-bond acceptors (Lipinski definition) is 2. The number of fused-ring (bicyclic) bond motifs is 1. The predicted octanol–water partition coefficient (Wildman–Crippen LogP) is 2.14. The van der Waals surface area contributed by atoms with Gasteiger partial charge in [0.2, 0.25) is 0 Å². The highest BCUT2D eigenvalue weighted by molar-refractivity contribution is 6.17. The second-order valence-corrected chi connectivity index (χ2v) is 3.39. The van der Waals surface area contributed by atoms with Crippen LogP contribution < -0.4 is 0 Å². The fraction of sp³-hybridized carbons (Fsp3) is 0.667. The van der Waals surface area contributed by atoms with Crippen LogP contribution in [0.5, 0.6) is 0 Å². The number of rotatable bonds is 2. The highest BCUT2D eigenvalue weighted by Crippen LogP contribution is 2.21. The lowest BCUT2D eigenvalue weighted by Gasteiger charge is -2.13. The summed E-state index contributed by atoms with van der Waals surface area (Å²) in [6, 6.07) is 0. The second kappa shape index (κ2) is 5.01. The first kappa shape index (κ1) is 11.8. The van der Waals surface area contributed by atoms with E-state index in [-0.39, 0.29) is 12.4 Å². The molecule has 0 fully saturated rings. The van der Waals surface area contributed by atoms with Crippen molar-refractivity contribution in [3.63, 3.8) is 0 Å². The highest BCUT2D eigenvalue weighted by Gasteiger charge is 2.19. The smallest absolute Gasteiger partial charge is 0.0830 e. The number of halogens is 2. The zero-order valence-corrected chi connectivity index (χ0v) is 9.70. The molecule has 2 rings (SSSR count). The molecule has 1 aliphatic rings. The topological polar surface area (TPSA) is 27.1 Å². The molecule has 1 aromatic heterocycles. The van der Waals surface area contributed by atoms with Gasteiger partial charge in [-0.2, -0.15) is 5.10 Å². The standard InChI is InChI=1S/C9H13ClN2O.ClH/c1-2-12-9-3-4-13-6-7(9)8(5-10)11-12;/h2-6H2,1H3;1H. The van der Waals surface area contributed by atoms with E-state index in [9.17, 15) is 0 Å². The molecule has 1 aliphatic heterocycles. The van der Waals surface area contributed by atoms with Crippen molar-refractivity contribution in [3.05, 3.63) is 17.0 Å². The Kier molecular flexibility index (Phi) is 4.23. The van der Waals surface area contributed by atoms with E-state index in [1.54, 1.807) is 0 Å². The fourth-order valence-electron chi connectivity index (χ4n) is 1.75. The lowest BCUT2D eigenvalue weighted by molar-refractivity contribution is 0.108. The van der Waals surface area contributed by atoms with Gasteiger partial charge in [-0.1, -0.05) is 0 Å². The molecule has 0 aromatic carbocycles. The van der Waals surface area contributed by atoms with Crippen molar-refractivity contribution in [2.45, 2.75) is 32.4 Å². The summed E-state index contributed by atoms with van der Waals surface area (Å²) in [6.07, 6.45) is 0.965. The Balaban J connectivity index is 0.000000980. The minimum Gasteiger partial charge on any atom is -0.376 e. The number of nitrogens with zero attached hydrogens (tertiary/aromatic N) is 2. The van der Waals surface area contributed by atoms with Gasteiger partial charge in [0.1, 0.15) is 0 Å². The quantitative estimate of drug-likeness (QED) is 0.737. The van der Waals surface area contributed by atoms with Crippen LogP contribution in [0.25, 0.3) is 0 Å². The molecular weight excluding hydrogens is 223 g/mol. The minimum atomic E-state index is 0. The van der Waals surface area contributed by atoms with Gasteiger partial charge >= 0.3 is 0 Å². The Labute approximate surface area is 94.8 Å². The van der Waals surface area contributed by atoms with Crippen LogP contribution in [0, 0.1) is 0 Å². The van der Waals surface area contributed by atoms with Gasteiger partial charge < -0.3 is 4.74 Å². The Morgan fingerprint density at radius 3 is 3.00 bits per heavy atom. The van der Waals surface area contributed by atoms with Crippen LogP contribution in [-0.4, -0.2) is 16.4 Å². The van der Waals surface area contributed by atoms with Crippen LogP contribution in [0.4, 0.5) is 0 Å². The first-order chi connectivity index (χ1) is 6.36. The van der Waals surface area contributed by atoms with E-state index in [1.807, 2.05) is 4.68 Å². The van der Waals surface area contributed by atoms with Gasteiger partial charge in [-0.05, 0) is 6.92 Å². The molecule has 1 aromatic rings. The highest BCUT2D eigenvalue weighted by atomic mass is 35.5. The SMILES string of the molecule is CCn1nc(CCl)c2c1CCOC2.Cl. The number of ether oxygens (including phenoxy) is 1. The van der Waals surface area contributed by atoms with Crippen molar-refractivity contribution in [3.8, 4) is 0 Å². The van der Waals surface area contributed by atoms with E-state index in [4.69, 9.17) is 16.3 Å². The van der Waals surface area contributed by atoms with Gasteiger partial charge in [0.15, 0.2) is 0 Å². The lowest BCUT2D eigenvalue weighted by Crippen LogP contribution is -2.13. The summed E-state index contributed by atoms with van der Waals surface area (Å²) < 4.78 is 7.42. The predicted molar refractivity (Wildman–Crippen MR) is 58.1 cm³/mol. The van der Waals surface area contributed by atoms with Crippen molar-refractivity contribution in [2.24, 2.45) is 0 Å². The van der Waals surface area contributed by atoms with Gasteiger partial charge in [0, 0.05) is 24.2 Å². The molecular formula is C9H14Cl2N2O. The molecule has 0 unspecified atom stereocenters. The van der Waals surface area contributed by atoms with Crippen molar-refractivity contribution in [1.29, 1.82) is 0 Å². The van der Waals surface area contributed by atoms with Gasteiger partial charge in [-0.25, -0.2) is 0 Å². The molecule has 80 valence electrons. The summed E-state index contributed by atoms with van der Waals surface area (Å²) in [4.78, 5) is 0. The van der Waals surface area contributed by atoms with Crippen LogP contribution >= 0.6 is 24.0 Å². The fourth-order valence-corrected chi connectivity index (χ4v) is 1.96. The molecule has 0 saturated heterocycles. The minimum absolute atomic E-state index is 0. The molecule has 5 heteroatoms. The summed E-state index contributed by atoms with van der Waals surface area (Å²) in [5.41, 5.74) is 3.51. The monoisotopic (exact) mass is 236 g/mol. The van der Waals surface area contributed by atoms with E-state index >= 15 is 0 Å². The average Bonchev–Trinajstić information content (AvgIpc) is 2.56. The van der Waals surface area contributed by atoms with E-state index in [0.29, 0.717) is 12.5 Å². The van der Waals surface area contributed by atoms with E-state index < -0.39 is 0 Å². The zero-order valence-electron chi connectivity index (χ0n) is 8.12. The molecule has 3 nitrogen and oxygen atoms in total. The first-order valence-corrected chi connectivity index (χ1v) is 5.11. The summed E-state index contributed by atoms with van der Waals surface area (Å²) in [5.74, 6) is 0.485. The third-order valence-corrected chi connectivity index (χ3v) is 2.66. The third kappa shape index (κ3) is 1.90. The van der Waals surface area contributed by atoms with E-state index in [2.05, 4.69) is 12.0 Å². The molecule has 0 aliphatic carbocycles. The maximum Gasteiger partial charge on any atom is 0.0830 e.